The van der Waals surface area contributed by atoms with Crippen LogP contribution in [0.15, 0.2) is 33.3 Å². The number of nitrogens with zero attached hydrogens (tertiary/aromatic N) is 3. The van der Waals surface area contributed by atoms with Gasteiger partial charge in [-0.15, -0.1) is 0 Å². The van der Waals surface area contributed by atoms with Crippen LogP contribution in [0.3, 0.4) is 0 Å². The number of rotatable bonds is 4. The third-order valence-electron chi connectivity index (χ3n) is 4.00. The van der Waals surface area contributed by atoms with Gasteiger partial charge in [-0.1, -0.05) is 22.4 Å². The molecule has 0 aliphatic carbocycles. The van der Waals surface area contributed by atoms with Crippen molar-refractivity contribution >= 4 is 29.4 Å². The SMILES string of the molecule is [B]C([B])([B])c1nc(-c2ccc3c(c2)OC[C@H]3NC(=O)c2cnc(C)o2)no1. The molecule has 0 unspecified atom stereocenters. The topological polar surface area (TPSA) is 103 Å². The number of ether oxygens (including phenoxy) is 1. The van der Waals surface area contributed by atoms with E-state index in [1.807, 2.05) is 6.07 Å². The number of fused-ring (bicyclic) bond motifs is 1. The molecular weight excluding hydrogens is 345 g/mol. The number of carbonyl (C=O) groups excluding carboxylic acids is 1. The first-order valence-electron chi connectivity index (χ1n) is 8.02. The van der Waals surface area contributed by atoms with Crippen LogP contribution in [0.4, 0.5) is 0 Å². The molecule has 1 aliphatic heterocycles. The Morgan fingerprint density at radius 3 is 2.81 bits per heavy atom. The molecule has 0 spiro atoms. The minimum atomic E-state index is -1.72. The highest BCUT2D eigenvalue weighted by atomic mass is 16.5. The van der Waals surface area contributed by atoms with Gasteiger partial charge in [-0.25, -0.2) is 4.98 Å². The van der Waals surface area contributed by atoms with Gasteiger partial charge in [0.1, 0.15) is 12.4 Å². The van der Waals surface area contributed by atoms with Crippen LogP contribution in [-0.4, -0.2) is 51.2 Å². The van der Waals surface area contributed by atoms with Crippen molar-refractivity contribution in [1.82, 2.24) is 20.4 Å². The van der Waals surface area contributed by atoms with Gasteiger partial charge in [0.05, 0.1) is 35.8 Å². The van der Waals surface area contributed by atoms with Crippen molar-refractivity contribution in [3.8, 4) is 17.1 Å². The number of hydrogen-bond acceptors (Lipinski definition) is 7. The zero-order valence-corrected chi connectivity index (χ0v) is 14.3. The summed E-state index contributed by atoms with van der Waals surface area (Å²) in [6.45, 7) is 1.95. The number of nitrogens with one attached hydrogen (secondary N) is 1. The maximum absolute atomic E-state index is 12.2. The summed E-state index contributed by atoms with van der Waals surface area (Å²) in [6, 6.07) is 4.99. The zero-order chi connectivity index (χ0) is 19.2. The number of aromatic nitrogens is 3. The Kier molecular flexibility index (Phi) is 4.09. The zero-order valence-electron chi connectivity index (χ0n) is 14.3. The van der Waals surface area contributed by atoms with Crippen molar-refractivity contribution < 1.29 is 18.5 Å². The fourth-order valence-corrected chi connectivity index (χ4v) is 2.68. The molecule has 3 heterocycles. The van der Waals surface area contributed by atoms with Crippen molar-refractivity contribution in [1.29, 1.82) is 0 Å². The quantitative estimate of drug-likeness (QED) is 0.680. The molecule has 6 radical (unpaired) electrons. The van der Waals surface area contributed by atoms with E-state index in [9.17, 15) is 4.79 Å². The molecule has 1 N–H and O–H groups in total. The number of aryl methyl sites for hydroxylation is 1. The lowest BCUT2D eigenvalue weighted by Crippen LogP contribution is -2.29. The van der Waals surface area contributed by atoms with E-state index in [1.54, 1.807) is 19.1 Å². The Bertz CT molecular complexity index is 1010. The number of benzene rings is 1. The summed E-state index contributed by atoms with van der Waals surface area (Å²) >= 11 is 0. The third-order valence-corrected chi connectivity index (χ3v) is 4.00. The van der Waals surface area contributed by atoms with Gasteiger partial charge in [0.15, 0.2) is 5.89 Å². The van der Waals surface area contributed by atoms with E-state index in [-0.39, 0.29) is 36.0 Å². The summed E-state index contributed by atoms with van der Waals surface area (Å²) in [7, 11) is 16.6. The molecule has 11 heteroatoms. The molecule has 8 nitrogen and oxygen atoms in total. The molecule has 4 rings (SSSR count). The van der Waals surface area contributed by atoms with Crippen LogP contribution in [0.25, 0.3) is 11.4 Å². The normalized spacial score (nSPS) is 16.0. The fourth-order valence-electron chi connectivity index (χ4n) is 2.68. The molecule has 1 aliphatic rings. The lowest BCUT2D eigenvalue weighted by Gasteiger charge is -2.11. The highest BCUT2D eigenvalue weighted by Gasteiger charge is 2.28. The molecule has 128 valence electrons. The van der Waals surface area contributed by atoms with E-state index in [0.717, 1.165) is 5.56 Å². The molecule has 0 saturated carbocycles. The largest absolute Gasteiger partial charge is 0.491 e. The summed E-state index contributed by atoms with van der Waals surface area (Å²) in [4.78, 5) is 20.2. The molecule has 0 fully saturated rings. The molecule has 1 amide bonds. The van der Waals surface area contributed by atoms with Crippen molar-refractivity contribution in [3.05, 3.63) is 47.5 Å². The van der Waals surface area contributed by atoms with E-state index in [0.29, 0.717) is 17.2 Å². The molecular formula is C16H11B3N4O4. The summed E-state index contributed by atoms with van der Waals surface area (Å²) in [5, 5.41) is 4.95. The minimum Gasteiger partial charge on any atom is -0.491 e. The second kappa shape index (κ2) is 6.33. The van der Waals surface area contributed by atoms with E-state index in [1.165, 1.54) is 6.20 Å². The van der Waals surface area contributed by atoms with Crippen LogP contribution in [0.2, 0.25) is 0 Å². The summed E-state index contributed by atoms with van der Waals surface area (Å²) in [5.74, 6) is 0.971. The fraction of sp³-hybridized carbons (Fsp3) is 0.250. The average molecular weight is 356 g/mol. The molecule has 3 aromatic rings. The highest BCUT2D eigenvalue weighted by Crippen LogP contribution is 2.35. The Morgan fingerprint density at radius 2 is 2.15 bits per heavy atom. The van der Waals surface area contributed by atoms with E-state index < -0.39 is 5.11 Å². The van der Waals surface area contributed by atoms with Gasteiger partial charge < -0.3 is 19.0 Å². The Labute approximate surface area is 158 Å². The van der Waals surface area contributed by atoms with Crippen LogP contribution < -0.4 is 10.1 Å². The van der Waals surface area contributed by atoms with Gasteiger partial charge in [-0.3, -0.25) is 4.79 Å². The van der Waals surface area contributed by atoms with Crippen LogP contribution in [-0.2, 0) is 5.11 Å². The maximum Gasteiger partial charge on any atom is 0.289 e. The van der Waals surface area contributed by atoms with Gasteiger partial charge in [-0.05, 0) is 6.07 Å². The molecule has 0 bridgehead atoms. The first kappa shape index (κ1) is 17.4. The van der Waals surface area contributed by atoms with Crippen LogP contribution in [0.5, 0.6) is 5.75 Å². The Hall–Kier alpha value is -2.97. The molecule has 1 aromatic carbocycles. The minimum absolute atomic E-state index is 0.0913. The second-order valence-corrected chi connectivity index (χ2v) is 6.19. The number of amides is 1. The number of hydrogen-bond donors (Lipinski definition) is 1. The Morgan fingerprint density at radius 1 is 1.33 bits per heavy atom. The number of oxazole rings is 1. The van der Waals surface area contributed by atoms with E-state index in [4.69, 9.17) is 37.2 Å². The molecule has 1 atom stereocenters. The van der Waals surface area contributed by atoms with Crippen molar-refractivity contribution in [2.24, 2.45) is 0 Å². The predicted molar refractivity (Wildman–Crippen MR) is 95.6 cm³/mol. The standard InChI is InChI=1S/C16H11B3N4O4/c1-7-20-5-12(26-7)14(24)21-10-6-25-11-4-8(2-3-9(10)11)13-22-15(27-23-13)16(17,18)19/h2-5,10H,6H2,1H3,(H,21,24)/t10-/m1/s1. The second-order valence-electron chi connectivity index (χ2n) is 6.19. The van der Waals surface area contributed by atoms with Gasteiger partial charge in [0, 0.05) is 18.1 Å². The summed E-state index contributed by atoms with van der Waals surface area (Å²) < 4.78 is 15.9. The van der Waals surface area contributed by atoms with Gasteiger partial charge in [0.25, 0.3) is 5.91 Å². The van der Waals surface area contributed by atoms with Crippen LogP contribution in [0, 0.1) is 6.92 Å². The average Bonchev–Trinajstić information content (AvgIpc) is 3.33. The Balaban J connectivity index is 1.54. The maximum atomic E-state index is 12.2. The van der Waals surface area contributed by atoms with Crippen molar-refractivity contribution in [2.45, 2.75) is 18.1 Å². The predicted octanol–water partition coefficient (Wildman–Crippen LogP) is 0.512. The van der Waals surface area contributed by atoms with Crippen LogP contribution in [0.1, 0.15) is 33.9 Å². The number of carbonyl (C=O) groups is 1. The van der Waals surface area contributed by atoms with Gasteiger partial charge in [-0.2, -0.15) is 4.98 Å². The van der Waals surface area contributed by atoms with Crippen LogP contribution >= 0.6 is 0 Å². The summed E-state index contributed by atoms with van der Waals surface area (Å²) in [5.41, 5.74) is 1.45. The van der Waals surface area contributed by atoms with E-state index in [2.05, 4.69) is 20.4 Å². The van der Waals surface area contributed by atoms with Gasteiger partial charge >= 0.3 is 0 Å². The smallest absolute Gasteiger partial charge is 0.289 e. The molecule has 0 saturated heterocycles. The lowest BCUT2D eigenvalue weighted by atomic mass is 9.42. The van der Waals surface area contributed by atoms with Crippen molar-refractivity contribution in [3.63, 3.8) is 0 Å². The van der Waals surface area contributed by atoms with Crippen molar-refractivity contribution in [2.75, 3.05) is 6.61 Å². The first-order chi connectivity index (χ1) is 12.8. The molecule has 2 aromatic heterocycles. The molecule has 27 heavy (non-hydrogen) atoms. The highest BCUT2D eigenvalue weighted by molar-refractivity contribution is 6.58. The van der Waals surface area contributed by atoms with Gasteiger partial charge in [0.2, 0.25) is 17.5 Å². The van der Waals surface area contributed by atoms with E-state index >= 15 is 0 Å². The monoisotopic (exact) mass is 356 g/mol. The lowest BCUT2D eigenvalue weighted by molar-refractivity contribution is 0.0901. The third kappa shape index (κ3) is 3.37. The summed E-state index contributed by atoms with van der Waals surface area (Å²) in [6.07, 6.45) is 1.38. The first-order valence-corrected chi connectivity index (χ1v) is 8.02.